The van der Waals surface area contributed by atoms with E-state index in [1.54, 1.807) is 0 Å². The summed E-state index contributed by atoms with van der Waals surface area (Å²) in [5.74, 6) is 3.16. The number of nitrogens with one attached hydrogen (secondary N) is 1. The minimum absolute atomic E-state index is 0.514. The molecule has 4 heteroatoms. The van der Waals surface area contributed by atoms with Crippen molar-refractivity contribution in [1.29, 1.82) is 0 Å². The van der Waals surface area contributed by atoms with Crippen LogP contribution in [0.5, 0.6) is 0 Å². The van der Waals surface area contributed by atoms with Gasteiger partial charge in [0.1, 0.15) is 0 Å². The van der Waals surface area contributed by atoms with E-state index in [4.69, 9.17) is 4.42 Å². The molecule has 0 aliphatic heterocycles. The van der Waals surface area contributed by atoms with E-state index in [0.29, 0.717) is 5.92 Å². The van der Waals surface area contributed by atoms with Crippen LogP contribution in [0, 0.1) is 5.92 Å². The molecule has 1 heterocycles. The Bertz CT molecular complexity index is 419. The van der Waals surface area contributed by atoms with Crippen LogP contribution in [-0.2, 0) is 6.42 Å². The third-order valence-corrected chi connectivity index (χ3v) is 4.99. The number of unbranched alkanes of at least 4 members (excludes halogenated alkanes) is 1. The first kappa shape index (κ1) is 15.0. The lowest BCUT2D eigenvalue weighted by atomic mass is 9.80. The summed E-state index contributed by atoms with van der Waals surface area (Å²) in [7, 11) is 0. The standard InChI is InChI=1S/C17H29N3O/c1-2-3-4-13-5-7-14(8-6-13)17-20-19-16(21-17)11-12-18-15-9-10-15/h13-15,18H,2-12H2,1H3. The van der Waals surface area contributed by atoms with Crippen molar-refractivity contribution in [2.75, 3.05) is 6.54 Å². The molecule has 4 nitrogen and oxygen atoms in total. The van der Waals surface area contributed by atoms with E-state index in [-0.39, 0.29) is 0 Å². The quantitative estimate of drug-likeness (QED) is 0.791. The minimum atomic E-state index is 0.514. The summed E-state index contributed by atoms with van der Waals surface area (Å²) in [6, 6.07) is 0.755. The van der Waals surface area contributed by atoms with Crippen molar-refractivity contribution in [1.82, 2.24) is 15.5 Å². The fraction of sp³-hybridized carbons (Fsp3) is 0.882. The SMILES string of the molecule is CCCCC1CCC(c2nnc(CCNC3CC3)o2)CC1. The number of rotatable bonds is 8. The molecule has 2 fully saturated rings. The summed E-state index contributed by atoms with van der Waals surface area (Å²) in [5.41, 5.74) is 0. The number of hydrogen-bond acceptors (Lipinski definition) is 4. The normalized spacial score (nSPS) is 26.1. The zero-order valence-corrected chi connectivity index (χ0v) is 13.3. The van der Waals surface area contributed by atoms with E-state index < -0.39 is 0 Å². The second-order valence-corrected chi connectivity index (χ2v) is 6.87. The second kappa shape index (κ2) is 7.39. The van der Waals surface area contributed by atoms with Gasteiger partial charge in [0.25, 0.3) is 0 Å². The molecule has 1 aromatic heterocycles. The molecular formula is C17H29N3O. The molecular weight excluding hydrogens is 262 g/mol. The maximum atomic E-state index is 5.88. The Morgan fingerprint density at radius 1 is 1.10 bits per heavy atom. The van der Waals surface area contributed by atoms with Gasteiger partial charge >= 0.3 is 0 Å². The average molecular weight is 291 g/mol. The molecule has 0 aromatic carbocycles. The summed E-state index contributed by atoms with van der Waals surface area (Å²) in [6.45, 7) is 3.25. The highest BCUT2D eigenvalue weighted by Gasteiger charge is 2.26. The molecule has 0 spiro atoms. The van der Waals surface area contributed by atoms with Crippen LogP contribution in [0.4, 0.5) is 0 Å². The van der Waals surface area contributed by atoms with Crippen molar-refractivity contribution in [2.45, 2.75) is 83.1 Å². The topological polar surface area (TPSA) is 51.0 Å². The first-order valence-electron chi connectivity index (χ1n) is 8.90. The maximum Gasteiger partial charge on any atom is 0.219 e. The molecule has 0 saturated heterocycles. The van der Waals surface area contributed by atoms with Gasteiger partial charge < -0.3 is 9.73 Å². The zero-order valence-electron chi connectivity index (χ0n) is 13.3. The molecule has 0 radical (unpaired) electrons. The van der Waals surface area contributed by atoms with Gasteiger partial charge in [0, 0.05) is 24.9 Å². The molecule has 0 atom stereocenters. The van der Waals surface area contributed by atoms with Gasteiger partial charge in [-0.05, 0) is 44.4 Å². The van der Waals surface area contributed by atoms with Crippen molar-refractivity contribution in [3.8, 4) is 0 Å². The molecule has 0 amide bonds. The summed E-state index contributed by atoms with van der Waals surface area (Å²) < 4.78 is 5.88. The van der Waals surface area contributed by atoms with Gasteiger partial charge in [0.2, 0.25) is 11.8 Å². The lowest BCUT2D eigenvalue weighted by molar-refractivity contribution is 0.274. The van der Waals surface area contributed by atoms with Gasteiger partial charge in [0.15, 0.2) is 0 Å². The van der Waals surface area contributed by atoms with Crippen molar-refractivity contribution < 1.29 is 4.42 Å². The van der Waals surface area contributed by atoms with Crippen LogP contribution in [0.1, 0.15) is 82.4 Å². The molecule has 2 saturated carbocycles. The van der Waals surface area contributed by atoms with E-state index in [2.05, 4.69) is 22.4 Å². The second-order valence-electron chi connectivity index (χ2n) is 6.87. The first-order chi connectivity index (χ1) is 10.3. The lowest BCUT2D eigenvalue weighted by Gasteiger charge is -2.26. The van der Waals surface area contributed by atoms with Crippen molar-refractivity contribution >= 4 is 0 Å². The van der Waals surface area contributed by atoms with Crippen LogP contribution in [0.15, 0.2) is 4.42 Å². The Morgan fingerprint density at radius 3 is 2.62 bits per heavy atom. The van der Waals surface area contributed by atoms with Gasteiger partial charge in [-0.25, -0.2) is 0 Å². The molecule has 2 aliphatic rings. The first-order valence-corrected chi connectivity index (χ1v) is 8.90. The fourth-order valence-electron chi connectivity index (χ4n) is 3.39. The van der Waals surface area contributed by atoms with Crippen LogP contribution in [0.3, 0.4) is 0 Å². The lowest BCUT2D eigenvalue weighted by Crippen LogP contribution is -2.19. The van der Waals surface area contributed by atoms with E-state index in [9.17, 15) is 0 Å². The van der Waals surface area contributed by atoms with Crippen LogP contribution >= 0.6 is 0 Å². The Balaban J connectivity index is 1.41. The Kier molecular flexibility index (Phi) is 5.28. The third kappa shape index (κ3) is 4.53. The largest absolute Gasteiger partial charge is 0.425 e. The van der Waals surface area contributed by atoms with E-state index in [0.717, 1.165) is 36.7 Å². The number of hydrogen-bond donors (Lipinski definition) is 1. The monoisotopic (exact) mass is 291 g/mol. The Morgan fingerprint density at radius 2 is 1.90 bits per heavy atom. The maximum absolute atomic E-state index is 5.88. The summed E-state index contributed by atoms with van der Waals surface area (Å²) in [5, 5.41) is 12.0. The van der Waals surface area contributed by atoms with E-state index >= 15 is 0 Å². The van der Waals surface area contributed by atoms with Crippen molar-refractivity contribution in [3.05, 3.63) is 11.8 Å². The van der Waals surface area contributed by atoms with Crippen LogP contribution in [-0.4, -0.2) is 22.8 Å². The highest BCUT2D eigenvalue weighted by molar-refractivity contribution is 4.95. The molecule has 2 aliphatic carbocycles. The van der Waals surface area contributed by atoms with Crippen LogP contribution < -0.4 is 5.32 Å². The van der Waals surface area contributed by atoms with Crippen molar-refractivity contribution in [2.24, 2.45) is 5.92 Å². The Labute approximate surface area is 128 Å². The highest BCUT2D eigenvalue weighted by Crippen LogP contribution is 2.37. The summed E-state index contributed by atoms with van der Waals surface area (Å²) in [4.78, 5) is 0. The molecule has 1 aromatic rings. The van der Waals surface area contributed by atoms with Gasteiger partial charge in [-0.1, -0.05) is 26.2 Å². The zero-order chi connectivity index (χ0) is 14.5. The summed E-state index contributed by atoms with van der Waals surface area (Å²) >= 11 is 0. The van der Waals surface area contributed by atoms with Crippen molar-refractivity contribution in [3.63, 3.8) is 0 Å². The molecule has 1 N–H and O–H groups in total. The highest BCUT2D eigenvalue weighted by atomic mass is 16.4. The predicted molar refractivity (Wildman–Crippen MR) is 83.3 cm³/mol. The fourth-order valence-corrected chi connectivity index (χ4v) is 3.39. The minimum Gasteiger partial charge on any atom is -0.425 e. The molecule has 21 heavy (non-hydrogen) atoms. The van der Waals surface area contributed by atoms with Gasteiger partial charge in [0.05, 0.1) is 0 Å². The van der Waals surface area contributed by atoms with Crippen LogP contribution in [0.25, 0.3) is 0 Å². The van der Waals surface area contributed by atoms with E-state index in [1.807, 2.05) is 0 Å². The Hall–Kier alpha value is -0.900. The molecule has 0 unspecified atom stereocenters. The van der Waals surface area contributed by atoms with E-state index in [1.165, 1.54) is 57.8 Å². The number of nitrogens with zero attached hydrogens (tertiary/aromatic N) is 2. The number of aromatic nitrogens is 2. The summed E-state index contributed by atoms with van der Waals surface area (Å²) in [6.07, 6.45) is 12.8. The molecule has 0 bridgehead atoms. The molecule has 118 valence electrons. The average Bonchev–Trinajstić information content (AvgIpc) is 3.22. The van der Waals surface area contributed by atoms with Gasteiger partial charge in [-0.15, -0.1) is 10.2 Å². The molecule has 3 rings (SSSR count). The van der Waals surface area contributed by atoms with Gasteiger partial charge in [-0.3, -0.25) is 0 Å². The predicted octanol–water partition coefficient (Wildman–Crippen LogP) is 3.83. The smallest absolute Gasteiger partial charge is 0.219 e. The third-order valence-electron chi connectivity index (χ3n) is 4.99. The van der Waals surface area contributed by atoms with Crippen LogP contribution in [0.2, 0.25) is 0 Å². The van der Waals surface area contributed by atoms with Gasteiger partial charge in [-0.2, -0.15) is 0 Å².